The Morgan fingerprint density at radius 1 is 1.59 bits per heavy atom. The summed E-state index contributed by atoms with van der Waals surface area (Å²) in [5.41, 5.74) is 0.771. The molecule has 0 saturated heterocycles. The van der Waals surface area contributed by atoms with Gasteiger partial charge in [-0.1, -0.05) is 5.92 Å². The molecule has 1 aromatic carbocycles. The summed E-state index contributed by atoms with van der Waals surface area (Å²) < 4.78 is 22.6. The number of ether oxygens (including phenoxy) is 1. The van der Waals surface area contributed by atoms with E-state index in [9.17, 15) is 4.39 Å². The smallest absolute Gasteiger partial charge is 0.240 e. The van der Waals surface area contributed by atoms with Crippen molar-refractivity contribution < 1.29 is 9.13 Å². The number of terminal acetylenes is 1. The van der Waals surface area contributed by atoms with E-state index in [2.05, 4.69) is 31.8 Å². The highest BCUT2D eigenvalue weighted by Gasteiger charge is 2.29. The second-order valence-electron chi connectivity index (χ2n) is 5.00. The Morgan fingerprint density at radius 3 is 2.82 bits per heavy atom. The molecule has 1 fully saturated rings. The van der Waals surface area contributed by atoms with E-state index in [1.165, 1.54) is 10.7 Å². The molecule has 1 aliphatic carbocycles. The average Bonchev–Trinajstić information content (AvgIpc) is 3.26. The van der Waals surface area contributed by atoms with Crippen molar-refractivity contribution in [2.75, 3.05) is 0 Å². The zero-order valence-electron chi connectivity index (χ0n) is 11.7. The van der Waals surface area contributed by atoms with Crippen molar-refractivity contribution in [2.45, 2.75) is 18.9 Å². The third-order valence-corrected chi connectivity index (χ3v) is 4.00. The fourth-order valence-corrected chi connectivity index (χ4v) is 2.75. The van der Waals surface area contributed by atoms with Gasteiger partial charge >= 0.3 is 0 Å². The normalized spacial score (nSPS) is 13.5. The Hall–Kier alpha value is -2.31. The Balaban J connectivity index is 2.32. The Kier molecular flexibility index (Phi) is 3.64. The predicted molar refractivity (Wildman–Crippen MR) is 84.1 cm³/mol. The molecule has 4 nitrogen and oxygen atoms in total. The lowest BCUT2D eigenvalue weighted by molar-refractivity contribution is 0.305. The lowest BCUT2D eigenvalue weighted by atomic mass is 10.0. The molecule has 110 valence electrons. The van der Waals surface area contributed by atoms with Gasteiger partial charge in [0.15, 0.2) is 0 Å². The van der Waals surface area contributed by atoms with Crippen molar-refractivity contribution in [3.05, 3.63) is 39.5 Å². The molecule has 0 radical (unpaired) electrons. The van der Waals surface area contributed by atoms with Crippen LogP contribution in [0.3, 0.4) is 0 Å². The molecule has 0 aliphatic heterocycles. The first kappa shape index (κ1) is 14.6. The van der Waals surface area contributed by atoms with Crippen molar-refractivity contribution in [1.82, 2.24) is 9.78 Å². The Labute approximate surface area is 135 Å². The van der Waals surface area contributed by atoms with Gasteiger partial charge in [0.1, 0.15) is 11.6 Å². The number of hydrogen-bond acceptors (Lipinski definition) is 2. The van der Waals surface area contributed by atoms with Gasteiger partial charge in [-0.25, -0.2) is 9.24 Å². The first-order valence-corrected chi connectivity index (χ1v) is 7.41. The molecule has 6 heteroatoms. The van der Waals surface area contributed by atoms with Crippen molar-refractivity contribution in [3.8, 4) is 29.4 Å². The first-order chi connectivity index (χ1) is 10.6. The molecule has 1 saturated carbocycles. The number of nitrogens with zero attached hydrogens (tertiary/aromatic N) is 3. The second-order valence-corrected chi connectivity index (χ2v) is 5.85. The van der Waals surface area contributed by atoms with E-state index in [-0.39, 0.29) is 22.9 Å². The lowest BCUT2D eigenvalue weighted by Gasteiger charge is -2.14. The van der Waals surface area contributed by atoms with E-state index in [0.717, 1.165) is 12.8 Å². The minimum atomic E-state index is -0.610. The molecule has 0 bridgehead atoms. The molecule has 0 spiro atoms. The molecular formula is C16H11BrFN3O. The SMILES string of the molecule is [C-]#[N+]c1c(OC2CC2)cc(C#C)c(F)c1-c1c(Br)cnn1C. The maximum Gasteiger partial charge on any atom is 0.240 e. The summed E-state index contributed by atoms with van der Waals surface area (Å²) in [6.07, 6.45) is 8.90. The van der Waals surface area contributed by atoms with Gasteiger partial charge in [-0.2, -0.15) is 5.10 Å². The van der Waals surface area contributed by atoms with Crippen LogP contribution in [0.5, 0.6) is 5.75 Å². The van der Waals surface area contributed by atoms with E-state index >= 15 is 0 Å². The van der Waals surface area contributed by atoms with Crippen LogP contribution in [-0.2, 0) is 7.05 Å². The summed E-state index contributed by atoms with van der Waals surface area (Å²) in [7, 11) is 1.68. The molecular weight excluding hydrogens is 349 g/mol. The van der Waals surface area contributed by atoms with E-state index in [4.69, 9.17) is 17.7 Å². The second kappa shape index (κ2) is 5.47. The highest BCUT2D eigenvalue weighted by molar-refractivity contribution is 9.10. The lowest BCUT2D eigenvalue weighted by Crippen LogP contribution is -2.02. The molecule has 0 unspecified atom stereocenters. The van der Waals surface area contributed by atoms with Crippen LogP contribution < -0.4 is 4.74 Å². The van der Waals surface area contributed by atoms with Gasteiger partial charge in [0.05, 0.1) is 34.6 Å². The summed E-state index contributed by atoms with van der Waals surface area (Å²) in [6.45, 7) is 7.44. The van der Waals surface area contributed by atoms with Gasteiger partial charge in [0, 0.05) is 12.6 Å². The Morgan fingerprint density at radius 2 is 2.32 bits per heavy atom. The van der Waals surface area contributed by atoms with Gasteiger partial charge in [-0.3, -0.25) is 4.68 Å². The number of hydrogen-bond donors (Lipinski definition) is 0. The molecule has 0 amide bonds. The third-order valence-electron chi connectivity index (χ3n) is 3.42. The van der Waals surface area contributed by atoms with Gasteiger partial charge in [0.2, 0.25) is 5.69 Å². The number of aryl methyl sites for hydroxylation is 1. The fraction of sp³-hybridized carbons (Fsp3) is 0.250. The topological polar surface area (TPSA) is 31.4 Å². The maximum atomic E-state index is 14.8. The molecule has 22 heavy (non-hydrogen) atoms. The molecule has 1 aliphatic rings. The maximum absolute atomic E-state index is 14.8. The third kappa shape index (κ3) is 2.36. The van der Waals surface area contributed by atoms with Gasteiger partial charge in [0.25, 0.3) is 0 Å². The molecule has 2 aromatic rings. The van der Waals surface area contributed by atoms with Crippen molar-refractivity contribution in [2.24, 2.45) is 7.05 Å². The summed E-state index contributed by atoms with van der Waals surface area (Å²) in [4.78, 5) is 3.48. The average molecular weight is 360 g/mol. The first-order valence-electron chi connectivity index (χ1n) is 6.62. The van der Waals surface area contributed by atoms with E-state index in [1.807, 2.05) is 0 Å². The number of rotatable bonds is 3. The summed E-state index contributed by atoms with van der Waals surface area (Å²) in [5.74, 6) is 2.04. The van der Waals surface area contributed by atoms with Crippen molar-refractivity contribution in [1.29, 1.82) is 0 Å². The highest BCUT2D eigenvalue weighted by Crippen LogP contribution is 2.45. The van der Waals surface area contributed by atoms with Crippen LogP contribution in [0.1, 0.15) is 18.4 Å². The van der Waals surface area contributed by atoms with E-state index < -0.39 is 5.82 Å². The molecule has 0 atom stereocenters. The molecule has 1 aromatic heterocycles. The fourth-order valence-electron chi connectivity index (χ4n) is 2.20. The van der Waals surface area contributed by atoms with Crippen LogP contribution in [0.4, 0.5) is 10.1 Å². The summed E-state index contributed by atoms with van der Waals surface area (Å²) in [6, 6.07) is 1.43. The monoisotopic (exact) mass is 359 g/mol. The summed E-state index contributed by atoms with van der Waals surface area (Å²) >= 11 is 3.34. The van der Waals surface area contributed by atoms with Crippen molar-refractivity contribution in [3.63, 3.8) is 0 Å². The van der Waals surface area contributed by atoms with Gasteiger partial charge in [-0.15, -0.1) is 6.42 Å². The minimum Gasteiger partial charge on any atom is -0.501 e. The van der Waals surface area contributed by atoms with Crippen LogP contribution in [-0.4, -0.2) is 15.9 Å². The van der Waals surface area contributed by atoms with Crippen LogP contribution in [0.25, 0.3) is 16.1 Å². The van der Waals surface area contributed by atoms with Gasteiger partial charge in [-0.05, 0) is 34.8 Å². The zero-order valence-corrected chi connectivity index (χ0v) is 13.3. The molecule has 1 heterocycles. The highest BCUT2D eigenvalue weighted by atomic mass is 79.9. The van der Waals surface area contributed by atoms with E-state index in [0.29, 0.717) is 15.9 Å². The van der Waals surface area contributed by atoms with Gasteiger partial charge < -0.3 is 4.74 Å². The largest absolute Gasteiger partial charge is 0.501 e. The molecule has 0 N–H and O–H groups in total. The quantitative estimate of drug-likeness (QED) is 0.611. The van der Waals surface area contributed by atoms with Crippen LogP contribution in [0.2, 0.25) is 0 Å². The number of halogens is 2. The predicted octanol–water partition coefficient (Wildman–Crippen LogP) is 4.06. The zero-order chi connectivity index (χ0) is 15.9. The standard InChI is InChI=1S/C16H11BrFN3O/c1-4-9-7-12(22-10-5-6-10)15(19-2)13(14(9)18)16-11(17)8-20-21(16)3/h1,7-8,10H,5-6H2,3H3. The van der Waals surface area contributed by atoms with Crippen LogP contribution >= 0.6 is 15.9 Å². The van der Waals surface area contributed by atoms with Crippen molar-refractivity contribution >= 4 is 21.6 Å². The number of benzene rings is 1. The summed E-state index contributed by atoms with van der Waals surface area (Å²) in [5, 5.41) is 4.08. The minimum absolute atomic E-state index is 0.0751. The molecule has 3 rings (SSSR count). The van der Waals surface area contributed by atoms with Crippen LogP contribution in [0, 0.1) is 24.7 Å². The Bertz CT molecular complexity index is 821. The number of aromatic nitrogens is 2. The van der Waals surface area contributed by atoms with E-state index in [1.54, 1.807) is 13.2 Å². The van der Waals surface area contributed by atoms with Crippen LogP contribution in [0.15, 0.2) is 16.7 Å².